The molecule has 0 aliphatic carbocycles. The predicted molar refractivity (Wildman–Crippen MR) is 64.2 cm³/mol. The zero-order valence-corrected chi connectivity index (χ0v) is 10.6. The molecule has 0 radical (unpaired) electrons. The first kappa shape index (κ1) is 12.7. The predicted octanol–water partition coefficient (Wildman–Crippen LogP) is 1.73. The Bertz CT molecular complexity index is 336. The van der Waals surface area contributed by atoms with E-state index >= 15 is 0 Å². The quantitative estimate of drug-likeness (QED) is 0.798. The van der Waals surface area contributed by atoms with Crippen LogP contribution in [0.5, 0.6) is 0 Å². The fourth-order valence-electron chi connectivity index (χ4n) is 1.59. The number of H-pyrrole nitrogens is 1. The van der Waals surface area contributed by atoms with Gasteiger partial charge in [-0.05, 0) is 31.7 Å². The van der Waals surface area contributed by atoms with E-state index < -0.39 is 0 Å². The number of rotatable bonds is 5. The van der Waals surface area contributed by atoms with Gasteiger partial charge in [-0.25, -0.2) is 0 Å². The normalized spacial score (nSPS) is 10.8. The fraction of sp³-hybridized carbons (Fsp3) is 0.667. The molecule has 0 aliphatic rings. The van der Waals surface area contributed by atoms with Crippen LogP contribution in [0.25, 0.3) is 0 Å². The van der Waals surface area contributed by atoms with E-state index in [-0.39, 0.29) is 5.91 Å². The second-order valence-corrected chi connectivity index (χ2v) is 4.61. The Hall–Kier alpha value is -1.32. The van der Waals surface area contributed by atoms with Gasteiger partial charge in [0.25, 0.3) is 0 Å². The van der Waals surface area contributed by atoms with Crippen LogP contribution in [0.3, 0.4) is 0 Å². The summed E-state index contributed by atoms with van der Waals surface area (Å²) in [5, 5.41) is 9.95. The van der Waals surface area contributed by atoms with Crippen LogP contribution in [0.2, 0.25) is 0 Å². The number of hydrogen-bond donors (Lipinski definition) is 2. The minimum absolute atomic E-state index is 0.119. The van der Waals surface area contributed by atoms with Crippen molar-refractivity contribution in [2.24, 2.45) is 5.92 Å². The second kappa shape index (κ2) is 5.68. The number of amides is 1. The van der Waals surface area contributed by atoms with Gasteiger partial charge in [0.15, 0.2) is 0 Å². The highest BCUT2D eigenvalue weighted by Crippen LogP contribution is 2.11. The molecule has 0 spiro atoms. The number of nitrogens with zero attached hydrogens (tertiary/aromatic N) is 1. The molecule has 4 nitrogen and oxygen atoms in total. The van der Waals surface area contributed by atoms with Crippen molar-refractivity contribution in [2.75, 3.05) is 6.54 Å². The number of aryl methyl sites for hydroxylation is 2. The molecule has 1 amide bonds. The van der Waals surface area contributed by atoms with Gasteiger partial charge in [0.1, 0.15) is 0 Å². The molecule has 0 saturated carbocycles. The number of aromatic nitrogens is 2. The first-order valence-corrected chi connectivity index (χ1v) is 5.77. The molecule has 0 aromatic carbocycles. The Morgan fingerprint density at radius 3 is 2.62 bits per heavy atom. The third kappa shape index (κ3) is 3.68. The summed E-state index contributed by atoms with van der Waals surface area (Å²) in [5.41, 5.74) is 3.23. The maximum atomic E-state index is 11.5. The van der Waals surface area contributed by atoms with Gasteiger partial charge in [0, 0.05) is 18.7 Å². The largest absolute Gasteiger partial charge is 0.356 e. The molecule has 0 aliphatic heterocycles. The van der Waals surface area contributed by atoms with Crippen LogP contribution in [0.1, 0.15) is 37.2 Å². The molecule has 0 unspecified atom stereocenters. The molecule has 4 heteroatoms. The van der Waals surface area contributed by atoms with Gasteiger partial charge in [0.2, 0.25) is 5.91 Å². The molecule has 1 aromatic rings. The molecule has 0 bridgehead atoms. The first-order valence-electron chi connectivity index (χ1n) is 5.77. The van der Waals surface area contributed by atoms with Crippen LogP contribution in [0, 0.1) is 19.8 Å². The monoisotopic (exact) mass is 223 g/mol. The van der Waals surface area contributed by atoms with Gasteiger partial charge in [0.05, 0.1) is 5.69 Å². The van der Waals surface area contributed by atoms with E-state index in [4.69, 9.17) is 0 Å². The third-order valence-corrected chi connectivity index (χ3v) is 2.59. The number of aromatic amines is 1. The molecule has 0 fully saturated rings. The molecular weight excluding hydrogens is 202 g/mol. The van der Waals surface area contributed by atoms with E-state index in [2.05, 4.69) is 29.4 Å². The van der Waals surface area contributed by atoms with E-state index in [1.807, 2.05) is 13.8 Å². The van der Waals surface area contributed by atoms with Crippen molar-refractivity contribution in [3.63, 3.8) is 0 Å². The van der Waals surface area contributed by atoms with Gasteiger partial charge in [-0.2, -0.15) is 5.10 Å². The van der Waals surface area contributed by atoms with Crippen LogP contribution < -0.4 is 5.32 Å². The van der Waals surface area contributed by atoms with Crippen molar-refractivity contribution in [1.82, 2.24) is 15.5 Å². The average molecular weight is 223 g/mol. The lowest BCUT2D eigenvalue weighted by Gasteiger charge is -2.07. The number of hydrogen-bond acceptors (Lipinski definition) is 2. The number of nitrogens with one attached hydrogen (secondary N) is 2. The molecule has 1 aromatic heterocycles. The van der Waals surface area contributed by atoms with Gasteiger partial charge in [-0.3, -0.25) is 9.89 Å². The van der Waals surface area contributed by atoms with E-state index in [1.54, 1.807) is 0 Å². The van der Waals surface area contributed by atoms with Crippen molar-refractivity contribution in [2.45, 2.75) is 40.5 Å². The van der Waals surface area contributed by atoms with Gasteiger partial charge in [-0.15, -0.1) is 0 Å². The molecule has 0 saturated heterocycles. The Balaban J connectivity index is 2.37. The summed E-state index contributed by atoms with van der Waals surface area (Å²) in [5.74, 6) is 0.620. The Kier molecular flexibility index (Phi) is 4.52. The minimum atomic E-state index is 0.119. The first-order chi connectivity index (χ1) is 7.50. The van der Waals surface area contributed by atoms with E-state index in [0.717, 1.165) is 24.4 Å². The Morgan fingerprint density at radius 1 is 1.44 bits per heavy atom. The summed E-state index contributed by atoms with van der Waals surface area (Å²) in [6.07, 6.45) is 1.30. The molecule has 0 atom stereocenters. The van der Waals surface area contributed by atoms with Crippen molar-refractivity contribution in [1.29, 1.82) is 0 Å². The Labute approximate surface area is 96.8 Å². The number of carbonyl (C=O) groups is 1. The maximum absolute atomic E-state index is 11.5. The molecular formula is C12H21N3O. The molecule has 2 N–H and O–H groups in total. The van der Waals surface area contributed by atoms with E-state index in [9.17, 15) is 4.79 Å². The molecule has 90 valence electrons. The van der Waals surface area contributed by atoms with Crippen molar-refractivity contribution in [3.8, 4) is 0 Å². The zero-order valence-electron chi connectivity index (χ0n) is 10.6. The third-order valence-electron chi connectivity index (χ3n) is 2.59. The van der Waals surface area contributed by atoms with Crippen LogP contribution in [0.4, 0.5) is 0 Å². The molecule has 1 rings (SSSR count). The van der Waals surface area contributed by atoms with E-state index in [0.29, 0.717) is 12.3 Å². The lowest BCUT2D eigenvalue weighted by atomic mass is 10.1. The molecule has 16 heavy (non-hydrogen) atoms. The highest BCUT2D eigenvalue weighted by Gasteiger charge is 2.09. The topological polar surface area (TPSA) is 57.8 Å². The van der Waals surface area contributed by atoms with Crippen LogP contribution in [-0.4, -0.2) is 22.6 Å². The van der Waals surface area contributed by atoms with Crippen molar-refractivity contribution < 1.29 is 4.79 Å². The summed E-state index contributed by atoms with van der Waals surface area (Å²) < 4.78 is 0. The van der Waals surface area contributed by atoms with Gasteiger partial charge < -0.3 is 5.32 Å². The van der Waals surface area contributed by atoms with Crippen molar-refractivity contribution in [3.05, 3.63) is 17.0 Å². The Morgan fingerprint density at radius 2 is 2.12 bits per heavy atom. The second-order valence-electron chi connectivity index (χ2n) is 4.61. The smallest absolute Gasteiger partial charge is 0.220 e. The van der Waals surface area contributed by atoms with E-state index in [1.165, 1.54) is 5.56 Å². The summed E-state index contributed by atoms with van der Waals surface area (Å²) in [4.78, 5) is 11.5. The standard InChI is InChI=1S/C12H21N3O/c1-8(2)7-13-12(16)6-5-11-9(3)14-15-10(11)4/h8H,5-7H2,1-4H3,(H,13,16)(H,14,15). The highest BCUT2D eigenvalue weighted by molar-refractivity contribution is 5.76. The summed E-state index contributed by atoms with van der Waals surface area (Å²) in [7, 11) is 0. The van der Waals surface area contributed by atoms with Crippen LogP contribution in [0.15, 0.2) is 0 Å². The zero-order chi connectivity index (χ0) is 12.1. The van der Waals surface area contributed by atoms with Gasteiger partial charge >= 0.3 is 0 Å². The number of carbonyl (C=O) groups excluding carboxylic acids is 1. The van der Waals surface area contributed by atoms with Crippen LogP contribution >= 0.6 is 0 Å². The summed E-state index contributed by atoms with van der Waals surface area (Å²) in [6, 6.07) is 0. The van der Waals surface area contributed by atoms with Crippen LogP contribution in [-0.2, 0) is 11.2 Å². The summed E-state index contributed by atoms with van der Waals surface area (Å²) >= 11 is 0. The minimum Gasteiger partial charge on any atom is -0.356 e. The van der Waals surface area contributed by atoms with Crippen molar-refractivity contribution >= 4 is 5.91 Å². The highest BCUT2D eigenvalue weighted by atomic mass is 16.1. The van der Waals surface area contributed by atoms with Gasteiger partial charge in [-0.1, -0.05) is 13.8 Å². The average Bonchev–Trinajstić information content (AvgIpc) is 2.53. The maximum Gasteiger partial charge on any atom is 0.220 e. The molecule has 1 heterocycles. The fourth-order valence-corrected chi connectivity index (χ4v) is 1.59. The lowest BCUT2D eigenvalue weighted by Crippen LogP contribution is -2.27. The lowest BCUT2D eigenvalue weighted by molar-refractivity contribution is -0.121. The summed E-state index contributed by atoms with van der Waals surface area (Å²) in [6.45, 7) is 8.88. The SMILES string of the molecule is Cc1n[nH]c(C)c1CCC(=O)NCC(C)C.